The number of benzene rings is 1. The first-order chi connectivity index (χ1) is 10.4. The van der Waals surface area contributed by atoms with E-state index in [1.54, 1.807) is 0 Å². The average Bonchev–Trinajstić information content (AvgIpc) is 3.04. The number of rotatable bonds is 5. The van der Waals surface area contributed by atoms with E-state index in [0.717, 1.165) is 18.4 Å². The molecule has 6 nitrogen and oxygen atoms in total. The van der Waals surface area contributed by atoms with Gasteiger partial charge in [0, 0.05) is 19.6 Å². The highest BCUT2D eigenvalue weighted by Crippen LogP contribution is 2.49. The van der Waals surface area contributed by atoms with E-state index in [1.165, 1.54) is 4.31 Å². The molecule has 0 radical (unpaired) electrons. The molecule has 2 atom stereocenters. The SMILES string of the molecule is O=C(O)[C@@]12CCC[C@H]1CN(S(=O)(=O)NCc1ccccc1)C2. The first kappa shape index (κ1) is 15.5. The summed E-state index contributed by atoms with van der Waals surface area (Å²) >= 11 is 0. The van der Waals surface area contributed by atoms with Gasteiger partial charge in [0.2, 0.25) is 0 Å². The normalized spacial score (nSPS) is 28.6. The van der Waals surface area contributed by atoms with Gasteiger partial charge in [-0.15, -0.1) is 0 Å². The molecule has 1 aromatic rings. The van der Waals surface area contributed by atoms with Gasteiger partial charge < -0.3 is 5.11 Å². The summed E-state index contributed by atoms with van der Waals surface area (Å²) in [6, 6.07) is 9.27. The fourth-order valence-electron chi connectivity index (χ4n) is 3.64. The lowest BCUT2D eigenvalue weighted by Gasteiger charge is -2.23. The number of nitrogens with one attached hydrogen (secondary N) is 1. The lowest BCUT2D eigenvalue weighted by Crippen LogP contribution is -2.42. The lowest BCUT2D eigenvalue weighted by molar-refractivity contribution is -0.149. The van der Waals surface area contributed by atoms with Crippen molar-refractivity contribution in [3.05, 3.63) is 35.9 Å². The van der Waals surface area contributed by atoms with Crippen molar-refractivity contribution < 1.29 is 18.3 Å². The Kier molecular flexibility index (Phi) is 3.96. The van der Waals surface area contributed by atoms with Crippen LogP contribution in [0.2, 0.25) is 0 Å². The van der Waals surface area contributed by atoms with Crippen LogP contribution in [0.25, 0.3) is 0 Å². The maximum absolute atomic E-state index is 12.4. The molecule has 0 spiro atoms. The topological polar surface area (TPSA) is 86.7 Å². The van der Waals surface area contributed by atoms with Gasteiger partial charge in [-0.05, 0) is 24.3 Å². The van der Waals surface area contributed by atoms with Crippen LogP contribution in [0, 0.1) is 11.3 Å². The molecule has 1 saturated carbocycles. The smallest absolute Gasteiger partial charge is 0.311 e. The molecule has 22 heavy (non-hydrogen) atoms. The van der Waals surface area contributed by atoms with Crippen LogP contribution in [-0.4, -0.2) is 36.9 Å². The average molecular weight is 324 g/mol. The van der Waals surface area contributed by atoms with E-state index in [9.17, 15) is 18.3 Å². The number of nitrogens with zero attached hydrogens (tertiary/aromatic N) is 1. The van der Waals surface area contributed by atoms with Crippen LogP contribution in [-0.2, 0) is 21.5 Å². The number of carboxylic acid groups (broad SMARTS) is 1. The fraction of sp³-hybridized carbons (Fsp3) is 0.533. The first-order valence-corrected chi connectivity index (χ1v) is 8.90. The van der Waals surface area contributed by atoms with E-state index in [1.807, 2.05) is 30.3 Å². The van der Waals surface area contributed by atoms with Crippen molar-refractivity contribution in [2.24, 2.45) is 11.3 Å². The zero-order valence-electron chi connectivity index (χ0n) is 12.2. The van der Waals surface area contributed by atoms with Gasteiger partial charge in [0.15, 0.2) is 0 Å². The van der Waals surface area contributed by atoms with Gasteiger partial charge in [0.1, 0.15) is 0 Å². The highest BCUT2D eigenvalue weighted by atomic mass is 32.2. The van der Waals surface area contributed by atoms with E-state index < -0.39 is 21.6 Å². The summed E-state index contributed by atoms with van der Waals surface area (Å²) in [5.74, 6) is -0.936. The van der Waals surface area contributed by atoms with Gasteiger partial charge >= 0.3 is 5.97 Å². The van der Waals surface area contributed by atoms with Crippen molar-refractivity contribution in [3.8, 4) is 0 Å². The molecule has 1 saturated heterocycles. The molecule has 1 aromatic carbocycles. The highest BCUT2D eigenvalue weighted by Gasteiger charge is 2.57. The summed E-state index contributed by atoms with van der Waals surface area (Å²) in [6.45, 7) is 0.595. The molecule has 0 aromatic heterocycles. The number of fused-ring (bicyclic) bond motifs is 1. The Morgan fingerprint density at radius 2 is 2.09 bits per heavy atom. The van der Waals surface area contributed by atoms with E-state index in [-0.39, 0.29) is 19.0 Å². The second-order valence-corrected chi connectivity index (χ2v) is 7.91. The van der Waals surface area contributed by atoms with Gasteiger partial charge in [-0.3, -0.25) is 4.79 Å². The molecule has 1 heterocycles. The van der Waals surface area contributed by atoms with Crippen molar-refractivity contribution in [1.29, 1.82) is 0 Å². The summed E-state index contributed by atoms with van der Waals surface area (Å²) < 4.78 is 28.7. The molecule has 3 rings (SSSR count). The Morgan fingerprint density at radius 1 is 1.36 bits per heavy atom. The first-order valence-electron chi connectivity index (χ1n) is 7.46. The molecule has 0 unspecified atom stereocenters. The lowest BCUT2D eigenvalue weighted by atomic mass is 9.81. The highest BCUT2D eigenvalue weighted by molar-refractivity contribution is 7.87. The summed E-state index contributed by atoms with van der Waals surface area (Å²) in [4.78, 5) is 11.6. The van der Waals surface area contributed by atoms with Crippen LogP contribution in [0.4, 0.5) is 0 Å². The molecule has 2 N–H and O–H groups in total. The maximum Gasteiger partial charge on any atom is 0.311 e. The predicted molar refractivity (Wildman–Crippen MR) is 81.2 cm³/mol. The molecule has 0 amide bonds. The molecule has 0 bridgehead atoms. The Labute approximate surface area is 130 Å². The monoisotopic (exact) mass is 324 g/mol. The standard InChI is InChI=1S/C15H20N2O4S/c18-14(19)15-8-4-7-13(15)10-17(11-15)22(20,21)16-9-12-5-2-1-3-6-12/h1-3,5-6,13,16H,4,7-11H2,(H,18,19)/t13-,15+/m0/s1. The summed E-state index contributed by atoms with van der Waals surface area (Å²) in [6.07, 6.45) is 2.22. The molecule has 2 aliphatic rings. The van der Waals surface area contributed by atoms with E-state index in [2.05, 4.69) is 4.72 Å². The van der Waals surface area contributed by atoms with Crippen molar-refractivity contribution in [2.75, 3.05) is 13.1 Å². The van der Waals surface area contributed by atoms with Crippen LogP contribution in [0.15, 0.2) is 30.3 Å². The van der Waals surface area contributed by atoms with Crippen LogP contribution in [0.3, 0.4) is 0 Å². The summed E-state index contributed by atoms with van der Waals surface area (Å²) in [5, 5.41) is 9.52. The number of carbonyl (C=O) groups is 1. The molecular formula is C15H20N2O4S. The minimum atomic E-state index is -3.65. The zero-order chi connectivity index (χ0) is 15.8. The largest absolute Gasteiger partial charge is 0.481 e. The van der Waals surface area contributed by atoms with Gasteiger partial charge in [0.05, 0.1) is 5.41 Å². The van der Waals surface area contributed by atoms with Crippen molar-refractivity contribution >= 4 is 16.2 Å². The van der Waals surface area contributed by atoms with Gasteiger partial charge in [-0.25, -0.2) is 0 Å². The fourth-order valence-corrected chi connectivity index (χ4v) is 4.95. The van der Waals surface area contributed by atoms with Crippen molar-refractivity contribution in [3.63, 3.8) is 0 Å². The molecule has 1 aliphatic carbocycles. The summed E-state index contributed by atoms with van der Waals surface area (Å²) in [7, 11) is -3.65. The third-order valence-corrected chi connectivity index (χ3v) is 6.37. The van der Waals surface area contributed by atoms with Crippen molar-refractivity contribution in [2.45, 2.75) is 25.8 Å². The third-order valence-electron chi connectivity index (χ3n) is 4.91. The van der Waals surface area contributed by atoms with Crippen LogP contribution >= 0.6 is 0 Å². The van der Waals surface area contributed by atoms with Gasteiger partial charge in [-0.2, -0.15) is 17.4 Å². The van der Waals surface area contributed by atoms with Crippen LogP contribution in [0.5, 0.6) is 0 Å². The second kappa shape index (κ2) is 5.64. The summed E-state index contributed by atoms with van der Waals surface area (Å²) in [5.41, 5.74) is -0.0139. The van der Waals surface area contributed by atoms with Crippen LogP contribution < -0.4 is 4.72 Å². The Morgan fingerprint density at radius 3 is 2.73 bits per heavy atom. The molecular weight excluding hydrogens is 304 g/mol. The van der Waals surface area contributed by atoms with E-state index in [4.69, 9.17) is 0 Å². The quantitative estimate of drug-likeness (QED) is 0.852. The number of hydrogen-bond acceptors (Lipinski definition) is 3. The third kappa shape index (κ3) is 2.64. The molecule has 120 valence electrons. The van der Waals surface area contributed by atoms with Gasteiger partial charge in [-0.1, -0.05) is 36.8 Å². The molecule has 2 fully saturated rings. The van der Waals surface area contributed by atoms with E-state index >= 15 is 0 Å². The second-order valence-electron chi connectivity index (χ2n) is 6.15. The maximum atomic E-state index is 12.4. The molecule has 1 aliphatic heterocycles. The number of carboxylic acids is 1. The minimum absolute atomic E-state index is 0.0710. The Balaban J connectivity index is 1.70. The Hall–Kier alpha value is -1.44. The minimum Gasteiger partial charge on any atom is -0.481 e. The van der Waals surface area contributed by atoms with E-state index in [0.29, 0.717) is 13.0 Å². The predicted octanol–water partition coefficient (Wildman–Crippen LogP) is 1.21. The zero-order valence-corrected chi connectivity index (χ0v) is 13.1. The molecule has 7 heteroatoms. The van der Waals surface area contributed by atoms with Gasteiger partial charge in [0.25, 0.3) is 10.2 Å². The number of hydrogen-bond donors (Lipinski definition) is 2. The van der Waals surface area contributed by atoms with Crippen molar-refractivity contribution in [1.82, 2.24) is 9.03 Å². The van der Waals surface area contributed by atoms with Crippen LogP contribution in [0.1, 0.15) is 24.8 Å². The number of aliphatic carboxylic acids is 1. The Bertz CT molecular complexity index is 661.